The van der Waals surface area contributed by atoms with Crippen molar-refractivity contribution in [3.63, 3.8) is 0 Å². The molecular formula is C15H23BrN2O2S. The average molecular weight is 375 g/mol. The molecule has 4 nitrogen and oxygen atoms in total. The molecule has 1 aromatic carbocycles. The van der Waals surface area contributed by atoms with Gasteiger partial charge in [0.25, 0.3) is 0 Å². The minimum Gasteiger partial charge on any atom is -0.316 e. The van der Waals surface area contributed by atoms with E-state index >= 15 is 0 Å². The SMILES string of the molecule is CCC1CCCN1S(=O)(=O)c1cc(CNC)cc(Br)c1C. The van der Waals surface area contributed by atoms with E-state index in [2.05, 4.69) is 28.2 Å². The summed E-state index contributed by atoms with van der Waals surface area (Å²) in [7, 11) is -1.56. The number of benzene rings is 1. The van der Waals surface area contributed by atoms with Gasteiger partial charge in [-0.1, -0.05) is 22.9 Å². The molecule has 0 spiro atoms. The summed E-state index contributed by atoms with van der Waals surface area (Å²) < 4.78 is 28.6. The lowest BCUT2D eigenvalue weighted by Crippen LogP contribution is -2.35. The molecule has 118 valence electrons. The second-order valence-electron chi connectivity index (χ2n) is 5.55. The summed E-state index contributed by atoms with van der Waals surface area (Å²) in [5.74, 6) is 0. The first kappa shape index (κ1) is 16.9. The van der Waals surface area contributed by atoms with Crippen molar-refractivity contribution < 1.29 is 8.42 Å². The molecule has 0 aliphatic carbocycles. The summed E-state index contributed by atoms with van der Waals surface area (Å²) in [4.78, 5) is 0.433. The first-order chi connectivity index (χ1) is 9.91. The topological polar surface area (TPSA) is 49.4 Å². The average Bonchev–Trinajstić information content (AvgIpc) is 2.92. The van der Waals surface area contributed by atoms with Crippen LogP contribution in [0.3, 0.4) is 0 Å². The van der Waals surface area contributed by atoms with E-state index in [1.54, 1.807) is 10.4 Å². The van der Waals surface area contributed by atoms with Gasteiger partial charge in [-0.25, -0.2) is 8.42 Å². The fourth-order valence-electron chi connectivity index (χ4n) is 2.94. The van der Waals surface area contributed by atoms with Crippen molar-refractivity contribution in [2.75, 3.05) is 13.6 Å². The minimum atomic E-state index is -3.42. The van der Waals surface area contributed by atoms with Gasteiger partial charge >= 0.3 is 0 Å². The molecule has 21 heavy (non-hydrogen) atoms. The number of halogens is 1. The zero-order valence-corrected chi connectivity index (χ0v) is 15.2. The Morgan fingerprint density at radius 3 is 2.76 bits per heavy atom. The van der Waals surface area contributed by atoms with Crippen molar-refractivity contribution >= 4 is 26.0 Å². The van der Waals surface area contributed by atoms with E-state index in [1.165, 1.54) is 0 Å². The second-order valence-corrected chi connectivity index (χ2v) is 8.26. The normalized spacial score (nSPS) is 20.1. The van der Waals surface area contributed by atoms with Crippen LogP contribution in [0.4, 0.5) is 0 Å². The van der Waals surface area contributed by atoms with Gasteiger partial charge in [0, 0.05) is 23.6 Å². The van der Waals surface area contributed by atoms with Crippen LogP contribution >= 0.6 is 15.9 Å². The molecule has 1 fully saturated rings. The highest BCUT2D eigenvalue weighted by atomic mass is 79.9. The van der Waals surface area contributed by atoms with Crippen molar-refractivity contribution in [2.45, 2.75) is 50.6 Å². The van der Waals surface area contributed by atoms with Crippen molar-refractivity contribution in [3.05, 3.63) is 27.7 Å². The van der Waals surface area contributed by atoms with E-state index in [0.29, 0.717) is 18.0 Å². The molecule has 1 heterocycles. The highest BCUT2D eigenvalue weighted by Gasteiger charge is 2.35. The number of hydrogen-bond donors (Lipinski definition) is 1. The third-order valence-electron chi connectivity index (χ3n) is 4.12. The Hall–Kier alpha value is -0.430. The zero-order chi connectivity index (χ0) is 15.6. The summed E-state index contributed by atoms with van der Waals surface area (Å²) in [5.41, 5.74) is 1.76. The van der Waals surface area contributed by atoms with Gasteiger partial charge in [-0.2, -0.15) is 4.31 Å². The molecule has 0 bridgehead atoms. The van der Waals surface area contributed by atoms with Crippen molar-refractivity contribution in [3.8, 4) is 0 Å². The van der Waals surface area contributed by atoms with Gasteiger partial charge in [0.2, 0.25) is 10.0 Å². The molecule has 1 N–H and O–H groups in total. The second kappa shape index (κ2) is 6.77. The molecule has 1 saturated heterocycles. The molecule has 2 rings (SSSR count). The van der Waals surface area contributed by atoms with Crippen molar-refractivity contribution in [1.29, 1.82) is 0 Å². The predicted octanol–water partition coefficient (Wildman–Crippen LogP) is 3.04. The van der Waals surface area contributed by atoms with Crippen LogP contribution in [0.2, 0.25) is 0 Å². The number of sulfonamides is 1. The van der Waals surface area contributed by atoms with E-state index in [0.717, 1.165) is 34.9 Å². The fraction of sp³-hybridized carbons (Fsp3) is 0.600. The Kier molecular flexibility index (Phi) is 5.46. The molecular weight excluding hydrogens is 352 g/mol. The lowest BCUT2D eigenvalue weighted by molar-refractivity contribution is 0.379. The molecule has 1 atom stereocenters. The van der Waals surface area contributed by atoms with Crippen LogP contribution in [0.25, 0.3) is 0 Å². The maximum absolute atomic E-state index is 13.0. The summed E-state index contributed by atoms with van der Waals surface area (Å²) in [6.45, 7) is 5.20. The van der Waals surface area contributed by atoms with Crippen LogP contribution in [0.1, 0.15) is 37.3 Å². The van der Waals surface area contributed by atoms with E-state index in [1.807, 2.05) is 20.0 Å². The Bertz CT molecular complexity index is 616. The van der Waals surface area contributed by atoms with Gasteiger partial charge in [0.05, 0.1) is 4.90 Å². The molecule has 0 aromatic heterocycles. The van der Waals surface area contributed by atoms with Crippen LogP contribution in [-0.4, -0.2) is 32.4 Å². The maximum Gasteiger partial charge on any atom is 0.243 e. The Morgan fingerprint density at radius 1 is 1.43 bits per heavy atom. The quantitative estimate of drug-likeness (QED) is 0.861. The van der Waals surface area contributed by atoms with Gasteiger partial charge < -0.3 is 5.32 Å². The number of nitrogens with zero attached hydrogens (tertiary/aromatic N) is 1. The number of nitrogens with one attached hydrogen (secondary N) is 1. The third-order valence-corrected chi connectivity index (χ3v) is 7.02. The minimum absolute atomic E-state index is 0.140. The molecule has 0 radical (unpaired) electrons. The molecule has 0 amide bonds. The fourth-order valence-corrected chi connectivity index (χ4v) is 5.65. The summed E-state index contributed by atoms with van der Waals surface area (Å²) in [6, 6.07) is 3.92. The van der Waals surface area contributed by atoms with Crippen molar-refractivity contribution in [2.24, 2.45) is 0 Å². The van der Waals surface area contributed by atoms with Crippen LogP contribution in [0, 0.1) is 6.92 Å². The highest BCUT2D eigenvalue weighted by molar-refractivity contribution is 9.10. The number of rotatable bonds is 5. The van der Waals surface area contributed by atoms with E-state index in [4.69, 9.17) is 0 Å². The summed E-state index contributed by atoms with van der Waals surface area (Å²) in [5, 5.41) is 3.07. The lowest BCUT2D eigenvalue weighted by Gasteiger charge is -2.24. The van der Waals surface area contributed by atoms with Crippen LogP contribution < -0.4 is 5.32 Å². The Morgan fingerprint density at radius 2 is 2.14 bits per heavy atom. The standard InChI is InChI=1S/C15H23BrN2O2S/c1-4-13-6-5-7-18(13)21(19,20)15-9-12(10-17-3)8-14(16)11(15)2/h8-9,13,17H,4-7,10H2,1-3H3. The summed E-state index contributed by atoms with van der Waals surface area (Å²) in [6.07, 6.45) is 2.79. The molecule has 6 heteroatoms. The molecule has 1 aliphatic heterocycles. The van der Waals surface area contributed by atoms with Crippen LogP contribution in [0.5, 0.6) is 0 Å². The third kappa shape index (κ3) is 3.33. The molecule has 1 unspecified atom stereocenters. The predicted molar refractivity (Wildman–Crippen MR) is 88.8 cm³/mol. The highest BCUT2D eigenvalue weighted by Crippen LogP contribution is 2.32. The molecule has 1 aromatic rings. The van der Waals surface area contributed by atoms with Crippen molar-refractivity contribution in [1.82, 2.24) is 9.62 Å². The van der Waals surface area contributed by atoms with Gasteiger partial charge in [-0.15, -0.1) is 0 Å². The largest absolute Gasteiger partial charge is 0.316 e. The lowest BCUT2D eigenvalue weighted by atomic mass is 10.1. The number of hydrogen-bond acceptors (Lipinski definition) is 3. The molecule has 1 aliphatic rings. The van der Waals surface area contributed by atoms with Crippen LogP contribution in [-0.2, 0) is 16.6 Å². The van der Waals surface area contributed by atoms with E-state index in [9.17, 15) is 8.42 Å². The zero-order valence-electron chi connectivity index (χ0n) is 12.8. The van der Waals surface area contributed by atoms with Gasteiger partial charge in [0.15, 0.2) is 0 Å². The maximum atomic E-state index is 13.0. The first-order valence-corrected chi connectivity index (χ1v) is 9.60. The first-order valence-electron chi connectivity index (χ1n) is 7.37. The van der Waals surface area contributed by atoms with Gasteiger partial charge in [0.1, 0.15) is 0 Å². The smallest absolute Gasteiger partial charge is 0.243 e. The van der Waals surface area contributed by atoms with Crippen LogP contribution in [0.15, 0.2) is 21.5 Å². The van der Waals surface area contributed by atoms with E-state index < -0.39 is 10.0 Å². The van der Waals surface area contributed by atoms with Gasteiger partial charge in [-0.3, -0.25) is 0 Å². The van der Waals surface area contributed by atoms with Gasteiger partial charge in [-0.05, 0) is 56.5 Å². The molecule has 0 saturated carbocycles. The Balaban J connectivity index is 2.48. The Labute approximate surface area is 136 Å². The summed E-state index contributed by atoms with van der Waals surface area (Å²) >= 11 is 3.49. The van der Waals surface area contributed by atoms with E-state index in [-0.39, 0.29) is 6.04 Å². The monoisotopic (exact) mass is 374 g/mol.